The molecule has 0 radical (unpaired) electrons. The maximum atomic E-state index is 4.91. The quantitative estimate of drug-likeness (QED) is 0.690. The van der Waals surface area contributed by atoms with Gasteiger partial charge in [0.25, 0.3) is 0 Å². The van der Waals surface area contributed by atoms with Crippen LogP contribution in [0.2, 0.25) is 0 Å². The number of fused-ring (bicyclic) bond motifs is 1. The molecular formula is C22H25N5. The molecule has 3 heterocycles. The molecule has 1 aromatic carbocycles. The summed E-state index contributed by atoms with van der Waals surface area (Å²) >= 11 is 0. The topological polar surface area (TPSA) is 45.2 Å². The van der Waals surface area contributed by atoms with Gasteiger partial charge in [-0.2, -0.15) is 4.98 Å². The van der Waals surface area contributed by atoms with Gasteiger partial charge in [0.05, 0.1) is 0 Å². The van der Waals surface area contributed by atoms with Crippen LogP contribution in [-0.2, 0) is 12.8 Å². The van der Waals surface area contributed by atoms with Crippen molar-refractivity contribution in [3.05, 3.63) is 71.7 Å². The van der Waals surface area contributed by atoms with Crippen molar-refractivity contribution in [3.8, 4) is 0 Å². The molecule has 1 atom stereocenters. The molecule has 4 rings (SSSR count). The van der Waals surface area contributed by atoms with E-state index in [0.29, 0.717) is 6.04 Å². The summed E-state index contributed by atoms with van der Waals surface area (Å²) in [4.78, 5) is 18.1. The minimum atomic E-state index is 0.395. The molecule has 1 aliphatic rings. The third-order valence-corrected chi connectivity index (χ3v) is 5.11. The summed E-state index contributed by atoms with van der Waals surface area (Å²) < 4.78 is 0. The van der Waals surface area contributed by atoms with Crippen molar-refractivity contribution in [1.82, 2.24) is 15.0 Å². The number of aromatic nitrogens is 3. The number of likely N-dealkylation sites (N-methyl/N-ethyl adjacent to an activating group) is 1. The number of pyridine rings is 1. The van der Waals surface area contributed by atoms with Crippen LogP contribution in [0.4, 0.5) is 17.5 Å². The Morgan fingerprint density at radius 1 is 1.11 bits per heavy atom. The van der Waals surface area contributed by atoms with Gasteiger partial charge >= 0.3 is 0 Å². The molecule has 0 fully saturated rings. The number of hydrogen-bond donors (Lipinski definition) is 0. The van der Waals surface area contributed by atoms with Gasteiger partial charge in [0.2, 0.25) is 5.95 Å². The third kappa shape index (κ3) is 3.63. The summed E-state index contributed by atoms with van der Waals surface area (Å²) in [5.74, 6) is 1.75. The van der Waals surface area contributed by atoms with Gasteiger partial charge in [0, 0.05) is 49.5 Å². The van der Waals surface area contributed by atoms with Crippen molar-refractivity contribution in [2.75, 3.05) is 23.4 Å². The average molecular weight is 359 g/mol. The first-order valence-electron chi connectivity index (χ1n) is 9.44. The van der Waals surface area contributed by atoms with Gasteiger partial charge in [0.15, 0.2) is 0 Å². The van der Waals surface area contributed by atoms with E-state index in [2.05, 4.69) is 76.2 Å². The van der Waals surface area contributed by atoms with Gasteiger partial charge in [-0.1, -0.05) is 18.2 Å². The van der Waals surface area contributed by atoms with Crippen molar-refractivity contribution in [1.29, 1.82) is 0 Å². The molecular weight excluding hydrogens is 334 g/mol. The molecule has 138 valence electrons. The number of aryl methyl sites for hydroxylation is 1. The number of hydrogen-bond acceptors (Lipinski definition) is 5. The smallest absolute Gasteiger partial charge is 0.227 e. The highest BCUT2D eigenvalue weighted by Crippen LogP contribution is 2.37. The first-order chi connectivity index (χ1) is 13.1. The minimum absolute atomic E-state index is 0.395. The normalized spacial score (nSPS) is 15.7. The predicted octanol–water partition coefficient (Wildman–Crippen LogP) is 3.94. The van der Waals surface area contributed by atoms with Crippen molar-refractivity contribution in [3.63, 3.8) is 0 Å². The van der Waals surface area contributed by atoms with Crippen LogP contribution in [0, 0.1) is 6.92 Å². The lowest BCUT2D eigenvalue weighted by Gasteiger charge is -2.26. The molecule has 0 bridgehead atoms. The van der Waals surface area contributed by atoms with Crippen LogP contribution in [0.25, 0.3) is 0 Å². The Kier molecular flexibility index (Phi) is 4.75. The van der Waals surface area contributed by atoms with Crippen LogP contribution in [0.5, 0.6) is 0 Å². The SMILES string of the molecule is Cc1cc(N2c3ccccc3CC2C)nc(N(C)CCc2ccncc2)n1. The highest BCUT2D eigenvalue weighted by atomic mass is 15.3. The highest BCUT2D eigenvalue weighted by Gasteiger charge is 2.28. The van der Waals surface area contributed by atoms with Gasteiger partial charge in [-0.15, -0.1) is 0 Å². The fraction of sp³-hybridized carbons (Fsp3) is 0.318. The summed E-state index contributed by atoms with van der Waals surface area (Å²) in [6, 6.07) is 15.2. The third-order valence-electron chi connectivity index (χ3n) is 5.11. The molecule has 0 N–H and O–H groups in total. The fourth-order valence-corrected chi connectivity index (χ4v) is 3.69. The van der Waals surface area contributed by atoms with Crippen molar-refractivity contribution >= 4 is 17.5 Å². The van der Waals surface area contributed by atoms with E-state index in [0.717, 1.165) is 36.8 Å². The molecule has 3 aromatic rings. The Morgan fingerprint density at radius 3 is 2.70 bits per heavy atom. The molecule has 5 nitrogen and oxygen atoms in total. The Hall–Kier alpha value is -2.95. The molecule has 0 spiro atoms. The summed E-state index contributed by atoms with van der Waals surface area (Å²) in [6.07, 6.45) is 5.66. The Morgan fingerprint density at radius 2 is 1.89 bits per heavy atom. The van der Waals surface area contributed by atoms with Crippen LogP contribution in [-0.4, -0.2) is 34.6 Å². The van der Waals surface area contributed by atoms with Crippen molar-refractivity contribution in [2.24, 2.45) is 0 Å². The van der Waals surface area contributed by atoms with E-state index in [1.807, 2.05) is 19.3 Å². The van der Waals surface area contributed by atoms with Crippen LogP contribution in [0.3, 0.4) is 0 Å². The number of rotatable bonds is 5. The van der Waals surface area contributed by atoms with Gasteiger partial charge in [-0.25, -0.2) is 4.98 Å². The largest absolute Gasteiger partial charge is 0.343 e. The van der Waals surface area contributed by atoms with Crippen LogP contribution >= 0.6 is 0 Å². The fourth-order valence-electron chi connectivity index (χ4n) is 3.69. The van der Waals surface area contributed by atoms with E-state index < -0.39 is 0 Å². The predicted molar refractivity (Wildman–Crippen MR) is 110 cm³/mol. The summed E-state index contributed by atoms with van der Waals surface area (Å²) in [5.41, 5.74) is 4.90. The van der Waals surface area contributed by atoms with E-state index >= 15 is 0 Å². The monoisotopic (exact) mass is 359 g/mol. The van der Waals surface area contributed by atoms with E-state index in [1.165, 1.54) is 16.8 Å². The van der Waals surface area contributed by atoms with Crippen LogP contribution in [0.1, 0.15) is 23.7 Å². The molecule has 0 saturated carbocycles. The summed E-state index contributed by atoms with van der Waals surface area (Å²) in [7, 11) is 2.06. The second-order valence-corrected chi connectivity index (χ2v) is 7.25. The molecule has 0 aliphatic carbocycles. The number of benzene rings is 1. The molecule has 0 saturated heterocycles. The number of para-hydroxylation sites is 1. The molecule has 1 aliphatic heterocycles. The van der Waals surface area contributed by atoms with Crippen LogP contribution < -0.4 is 9.80 Å². The summed E-state index contributed by atoms with van der Waals surface area (Å²) in [6.45, 7) is 5.15. The second-order valence-electron chi connectivity index (χ2n) is 7.25. The Bertz CT molecular complexity index is 925. The summed E-state index contributed by atoms with van der Waals surface area (Å²) in [5, 5.41) is 0. The van der Waals surface area contributed by atoms with Gasteiger partial charge in [-0.05, 0) is 56.0 Å². The Balaban J connectivity index is 1.58. The lowest BCUT2D eigenvalue weighted by atomic mass is 10.1. The average Bonchev–Trinajstić information content (AvgIpc) is 3.02. The lowest BCUT2D eigenvalue weighted by molar-refractivity contribution is 0.744. The van der Waals surface area contributed by atoms with Crippen molar-refractivity contribution < 1.29 is 0 Å². The van der Waals surface area contributed by atoms with E-state index in [4.69, 9.17) is 4.98 Å². The maximum absolute atomic E-state index is 4.91. The highest BCUT2D eigenvalue weighted by molar-refractivity contribution is 5.69. The maximum Gasteiger partial charge on any atom is 0.227 e. The van der Waals surface area contributed by atoms with Gasteiger partial charge in [-0.3, -0.25) is 4.98 Å². The molecule has 2 aromatic heterocycles. The standard InChI is InChI=1S/C22H25N5/c1-16-14-21(27-17(2)15-19-6-4-5-7-20(19)27)25-22(24-16)26(3)13-10-18-8-11-23-12-9-18/h4-9,11-12,14,17H,10,13,15H2,1-3H3. The minimum Gasteiger partial charge on any atom is -0.343 e. The van der Waals surface area contributed by atoms with E-state index in [9.17, 15) is 0 Å². The van der Waals surface area contributed by atoms with Gasteiger partial charge in [0.1, 0.15) is 5.82 Å². The number of anilines is 3. The first kappa shape index (κ1) is 17.5. The Labute approximate surface area is 160 Å². The zero-order valence-corrected chi connectivity index (χ0v) is 16.1. The molecule has 5 heteroatoms. The van der Waals surface area contributed by atoms with E-state index in [1.54, 1.807) is 0 Å². The van der Waals surface area contributed by atoms with Gasteiger partial charge < -0.3 is 9.80 Å². The zero-order chi connectivity index (χ0) is 18.8. The number of nitrogens with zero attached hydrogens (tertiary/aromatic N) is 5. The lowest BCUT2D eigenvalue weighted by Crippen LogP contribution is -2.27. The van der Waals surface area contributed by atoms with Crippen LogP contribution in [0.15, 0.2) is 54.9 Å². The molecule has 1 unspecified atom stereocenters. The first-order valence-corrected chi connectivity index (χ1v) is 9.44. The molecule has 0 amide bonds. The zero-order valence-electron chi connectivity index (χ0n) is 16.1. The second kappa shape index (κ2) is 7.35. The van der Waals surface area contributed by atoms with E-state index in [-0.39, 0.29) is 0 Å². The van der Waals surface area contributed by atoms with Crippen molar-refractivity contribution in [2.45, 2.75) is 32.7 Å². The molecule has 27 heavy (non-hydrogen) atoms.